The minimum Gasteiger partial charge on any atom is -0.486 e. The second kappa shape index (κ2) is 10.4. The Morgan fingerprint density at radius 2 is 1.79 bits per heavy atom. The van der Waals surface area contributed by atoms with Gasteiger partial charge in [0.2, 0.25) is 5.96 Å². The summed E-state index contributed by atoms with van der Waals surface area (Å²) in [6.45, 7) is 10.5. The third-order valence-corrected chi connectivity index (χ3v) is 5.81. The Bertz CT molecular complexity index is 1200. The maximum atomic E-state index is 12.9. The quantitative estimate of drug-likeness (QED) is 0.427. The Labute approximate surface area is 200 Å². The van der Waals surface area contributed by atoms with Crippen molar-refractivity contribution in [2.45, 2.75) is 40.7 Å². The van der Waals surface area contributed by atoms with Crippen molar-refractivity contribution >= 4 is 17.6 Å². The van der Waals surface area contributed by atoms with Gasteiger partial charge in [-0.2, -0.15) is 5.10 Å². The number of benzene rings is 2. The lowest BCUT2D eigenvalue weighted by molar-refractivity contribution is 0.0977. The molecule has 0 unspecified atom stereocenters. The van der Waals surface area contributed by atoms with Gasteiger partial charge in [-0.25, -0.2) is 0 Å². The molecule has 1 amide bonds. The number of guanidine groups is 1. The van der Waals surface area contributed by atoms with Gasteiger partial charge in [0.15, 0.2) is 11.5 Å². The van der Waals surface area contributed by atoms with E-state index in [0.29, 0.717) is 42.8 Å². The number of aliphatic imine (C=N–C) groups is 1. The summed E-state index contributed by atoms with van der Waals surface area (Å²) in [6, 6.07) is 13.0. The standard InChI is InChI=1S/C26H31N5O3/c1-5-31-19(4)22(18(3)30-31)12-13-27-26(29-25(32)20-8-6-17(2)7-9-20)28-21-10-11-23-24(16-21)34-15-14-33-23/h6-11,16H,5,12-15H2,1-4H3,(H2,27,28,29,32). The molecule has 3 aromatic rings. The van der Waals surface area contributed by atoms with Crippen LogP contribution in [0.15, 0.2) is 47.5 Å². The van der Waals surface area contributed by atoms with Crippen LogP contribution in [0.4, 0.5) is 5.69 Å². The molecule has 0 aliphatic carbocycles. The summed E-state index contributed by atoms with van der Waals surface area (Å²) in [4.78, 5) is 17.6. The molecule has 2 N–H and O–H groups in total. The minimum absolute atomic E-state index is 0.227. The molecule has 0 radical (unpaired) electrons. The number of hydrogen-bond acceptors (Lipinski definition) is 5. The SMILES string of the molecule is CCn1nc(C)c(CCN=C(NC(=O)c2ccc(C)cc2)Nc2ccc3c(c2)OCCO3)c1C. The molecule has 1 aliphatic rings. The van der Waals surface area contributed by atoms with Crippen molar-refractivity contribution in [3.8, 4) is 11.5 Å². The first kappa shape index (κ1) is 23.4. The number of fused-ring (bicyclic) bond motifs is 1. The van der Waals surface area contributed by atoms with E-state index < -0.39 is 0 Å². The van der Waals surface area contributed by atoms with Crippen LogP contribution in [0.3, 0.4) is 0 Å². The number of nitrogens with zero attached hydrogens (tertiary/aromatic N) is 3. The van der Waals surface area contributed by atoms with Gasteiger partial charge in [0.1, 0.15) is 13.2 Å². The van der Waals surface area contributed by atoms with Crippen molar-refractivity contribution in [2.75, 3.05) is 25.1 Å². The molecule has 0 saturated heterocycles. The summed E-state index contributed by atoms with van der Waals surface area (Å²) < 4.78 is 13.3. The van der Waals surface area contributed by atoms with Gasteiger partial charge in [0.05, 0.1) is 5.69 Å². The zero-order chi connectivity index (χ0) is 24.1. The van der Waals surface area contributed by atoms with Gasteiger partial charge in [-0.1, -0.05) is 17.7 Å². The minimum atomic E-state index is -0.227. The fraction of sp³-hybridized carbons (Fsp3) is 0.346. The van der Waals surface area contributed by atoms with E-state index in [4.69, 9.17) is 14.5 Å². The molecule has 0 fully saturated rings. The van der Waals surface area contributed by atoms with Gasteiger partial charge in [0.25, 0.3) is 5.91 Å². The van der Waals surface area contributed by atoms with Gasteiger partial charge in [-0.3, -0.25) is 19.8 Å². The lowest BCUT2D eigenvalue weighted by Gasteiger charge is -2.19. The summed E-state index contributed by atoms with van der Waals surface area (Å²) >= 11 is 0. The van der Waals surface area contributed by atoms with Crippen molar-refractivity contribution in [3.63, 3.8) is 0 Å². The number of hydrogen-bond donors (Lipinski definition) is 2. The van der Waals surface area contributed by atoms with Crippen LogP contribution in [-0.2, 0) is 13.0 Å². The molecule has 2 heterocycles. The lowest BCUT2D eigenvalue weighted by Crippen LogP contribution is -2.36. The predicted molar refractivity (Wildman–Crippen MR) is 133 cm³/mol. The molecule has 0 atom stereocenters. The normalized spacial score (nSPS) is 13.0. The third kappa shape index (κ3) is 5.39. The summed E-state index contributed by atoms with van der Waals surface area (Å²) in [5.41, 5.74) is 5.77. The second-order valence-corrected chi connectivity index (χ2v) is 8.25. The van der Waals surface area contributed by atoms with Gasteiger partial charge < -0.3 is 14.8 Å². The van der Waals surface area contributed by atoms with Gasteiger partial charge in [-0.15, -0.1) is 0 Å². The molecule has 4 rings (SSSR count). The number of aromatic nitrogens is 2. The molecule has 178 valence electrons. The average Bonchev–Trinajstić information content (AvgIpc) is 3.12. The number of amides is 1. The molecule has 2 aromatic carbocycles. The Kier molecular flexibility index (Phi) is 7.15. The van der Waals surface area contributed by atoms with E-state index >= 15 is 0 Å². The van der Waals surface area contributed by atoms with Crippen LogP contribution in [0.1, 0.15) is 39.8 Å². The van der Waals surface area contributed by atoms with Crippen LogP contribution in [0, 0.1) is 20.8 Å². The van der Waals surface area contributed by atoms with Gasteiger partial charge in [-0.05, 0) is 63.9 Å². The van der Waals surface area contributed by atoms with Gasteiger partial charge >= 0.3 is 0 Å². The Morgan fingerprint density at radius 1 is 1.06 bits per heavy atom. The number of carbonyl (C=O) groups is 1. The van der Waals surface area contributed by atoms with E-state index in [1.54, 1.807) is 12.1 Å². The molecule has 0 spiro atoms. The number of rotatable bonds is 6. The second-order valence-electron chi connectivity index (χ2n) is 8.25. The molecular weight excluding hydrogens is 430 g/mol. The zero-order valence-corrected chi connectivity index (χ0v) is 20.1. The van der Waals surface area contributed by atoms with Crippen molar-refractivity contribution in [1.82, 2.24) is 15.1 Å². The fourth-order valence-corrected chi connectivity index (χ4v) is 3.94. The van der Waals surface area contributed by atoms with E-state index in [9.17, 15) is 4.79 Å². The van der Waals surface area contributed by atoms with Crippen LogP contribution >= 0.6 is 0 Å². The van der Waals surface area contributed by atoms with Crippen molar-refractivity contribution in [3.05, 3.63) is 70.5 Å². The first-order valence-corrected chi connectivity index (χ1v) is 11.6. The summed E-state index contributed by atoms with van der Waals surface area (Å²) in [5.74, 6) is 1.52. The Morgan fingerprint density at radius 3 is 2.50 bits per heavy atom. The largest absolute Gasteiger partial charge is 0.486 e. The van der Waals surface area contributed by atoms with Crippen molar-refractivity contribution in [1.29, 1.82) is 0 Å². The smallest absolute Gasteiger partial charge is 0.257 e. The number of anilines is 1. The molecule has 8 heteroatoms. The van der Waals surface area contributed by atoms with E-state index in [1.807, 2.05) is 48.9 Å². The predicted octanol–water partition coefficient (Wildman–Crippen LogP) is 4.04. The average molecular weight is 462 g/mol. The summed E-state index contributed by atoms with van der Waals surface area (Å²) in [6.07, 6.45) is 0.727. The van der Waals surface area contributed by atoms with E-state index in [1.165, 1.54) is 5.56 Å². The fourth-order valence-electron chi connectivity index (χ4n) is 3.94. The van der Waals surface area contributed by atoms with Crippen molar-refractivity contribution in [2.24, 2.45) is 4.99 Å². The van der Waals surface area contributed by atoms with Gasteiger partial charge in [0, 0.05) is 36.1 Å². The highest BCUT2D eigenvalue weighted by Crippen LogP contribution is 2.32. The molecule has 8 nitrogen and oxygen atoms in total. The summed E-state index contributed by atoms with van der Waals surface area (Å²) in [5, 5.41) is 10.7. The lowest BCUT2D eigenvalue weighted by atomic mass is 10.1. The van der Waals surface area contributed by atoms with Crippen molar-refractivity contribution < 1.29 is 14.3 Å². The number of aryl methyl sites for hydroxylation is 3. The number of nitrogens with one attached hydrogen (secondary N) is 2. The van der Waals surface area contributed by atoms with E-state index in [0.717, 1.165) is 35.6 Å². The summed E-state index contributed by atoms with van der Waals surface area (Å²) in [7, 11) is 0. The van der Waals surface area contributed by atoms with Crippen LogP contribution in [-0.4, -0.2) is 41.4 Å². The number of carbonyl (C=O) groups excluding carboxylic acids is 1. The first-order valence-electron chi connectivity index (χ1n) is 11.6. The first-order chi connectivity index (χ1) is 16.4. The van der Waals surface area contributed by atoms with Crippen LogP contribution in [0.25, 0.3) is 0 Å². The van der Waals surface area contributed by atoms with Crippen LogP contribution in [0.5, 0.6) is 11.5 Å². The highest BCUT2D eigenvalue weighted by molar-refractivity contribution is 6.10. The molecule has 1 aliphatic heterocycles. The van der Waals surface area contributed by atoms with Crippen LogP contribution < -0.4 is 20.1 Å². The van der Waals surface area contributed by atoms with E-state index in [2.05, 4.69) is 29.6 Å². The molecule has 1 aromatic heterocycles. The maximum Gasteiger partial charge on any atom is 0.257 e. The third-order valence-electron chi connectivity index (χ3n) is 5.81. The Balaban J connectivity index is 1.53. The maximum absolute atomic E-state index is 12.9. The molecular formula is C26H31N5O3. The molecule has 0 bridgehead atoms. The highest BCUT2D eigenvalue weighted by Gasteiger charge is 2.15. The topological polar surface area (TPSA) is 89.8 Å². The van der Waals surface area contributed by atoms with E-state index in [-0.39, 0.29) is 5.91 Å². The molecule has 0 saturated carbocycles. The number of ether oxygens (including phenoxy) is 2. The molecule has 34 heavy (non-hydrogen) atoms. The Hall–Kier alpha value is -3.81. The monoisotopic (exact) mass is 461 g/mol. The zero-order valence-electron chi connectivity index (χ0n) is 20.1. The van der Waals surface area contributed by atoms with Crippen LogP contribution in [0.2, 0.25) is 0 Å². The highest BCUT2D eigenvalue weighted by atomic mass is 16.6.